The van der Waals surface area contributed by atoms with Gasteiger partial charge >= 0.3 is 0 Å². The van der Waals surface area contributed by atoms with Gasteiger partial charge in [-0.25, -0.2) is 0 Å². The van der Waals surface area contributed by atoms with E-state index in [1.807, 2.05) is 30.3 Å². The number of carbonyl (C=O) groups is 2. The number of nitrogens with two attached hydrogens (primary N) is 1. The van der Waals surface area contributed by atoms with E-state index in [9.17, 15) is 9.59 Å². The van der Waals surface area contributed by atoms with Crippen molar-refractivity contribution in [2.45, 2.75) is 50.6 Å². The van der Waals surface area contributed by atoms with Crippen LogP contribution in [0.25, 0.3) is 0 Å². The first kappa shape index (κ1) is 23.3. The molecule has 1 saturated carbocycles. The number of anilines is 2. The van der Waals surface area contributed by atoms with Crippen LogP contribution in [0.1, 0.15) is 43.5 Å². The Balaban J connectivity index is 1.66. The van der Waals surface area contributed by atoms with Crippen LogP contribution in [0.3, 0.4) is 0 Å². The zero-order chi connectivity index (χ0) is 24.0. The molecule has 0 atom stereocenters. The fraction of sp³-hybridized carbons (Fsp3) is 0.360. The summed E-state index contributed by atoms with van der Waals surface area (Å²) in [6.07, 6.45) is 3.92. The Morgan fingerprint density at radius 3 is 2.41 bits per heavy atom. The van der Waals surface area contributed by atoms with Gasteiger partial charge < -0.3 is 20.7 Å². The summed E-state index contributed by atoms with van der Waals surface area (Å²) in [7, 11) is 1.60. The zero-order valence-corrected chi connectivity index (χ0v) is 19.3. The number of ether oxygens (including phenoxy) is 1. The van der Waals surface area contributed by atoms with E-state index in [1.54, 1.807) is 36.3 Å². The van der Waals surface area contributed by atoms with Crippen molar-refractivity contribution >= 4 is 23.5 Å². The highest BCUT2D eigenvalue weighted by Gasteiger charge is 2.47. The van der Waals surface area contributed by atoms with Gasteiger partial charge in [0.15, 0.2) is 0 Å². The van der Waals surface area contributed by atoms with Gasteiger partial charge in [0, 0.05) is 12.2 Å². The molecule has 1 fully saturated rings. The Hall–Kier alpha value is -3.88. The van der Waals surface area contributed by atoms with E-state index in [-0.39, 0.29) is 24.2 Å². The molecule has 0 spiro atoms. The van der Waals surface area contributed by atoms with Crippen molar-refractivity contribution in [1.29, 1.82) is 0 Å². The molecule has 1 aromatic heterocycles. The van der Waals surface area contributed by atoms with Crippen LogP contribution in [0, 0.1) is 0 Å². The van der Waals surface area contributed by atoms with Gasteiger partial charge in [-0.2, -0.15) is 4.98 Å². The summed E-state index contributed by atoms with van der Waals surface area (Å²) in [4.78, 5) is 33.3. The van der Waals surface area contributed by atoms with Crippen LogP contribution in [-0.2, 0) is 22.6 Å². The first-order valence-corrected chi connectivity index (χ1v) is 11.5. The third-order valence-electron chi connectivity index (χ3n) is 6.32. The first-order chi connectivity index (χ1) is 16.5. The molecule has 4 N–H and O–H groups in total. The topological polar surface area (TPSA) is 126 Å². The number of rotatable bonds is 8. The summed E-state index contributed by atoms with van der Waals surface area (Å²) < 4.78 is 5.22. The Labute approximate surface area is 198 Å². The van der Waals surface area contributed by atoms with Gasteiger partial charge in [0.1, 0.15) is 17.1 Å². The van der Waals surface area contributed by atoms with Gasteiger partial charge in [0.2, 0.25) is 17.8 Å². The monoisotopic (exact) mass is 462 g/mol. The minimum atomic E-state index is -0.976. The molecule has 1 aliphatic carbocycles. The van der Waals surface area contributed by atoms with E-state index in [0.717, 1.165) is 24.8 Å². The molecule has 1 aliphatic rings. The number of hydrogen-bond acceptors (Lipinski definition) is 6. The molecule has 1 heterocycles. The molecule has 34 heavy (non-hydrogen) atoms. The van der Waals surface area contributed by atoms with Crippen molar-refractivity contribution in [3.05, 3.63) is 66.0 Å². The molecule has 2 aromatic carbocycles. The molecular weight excluding hydrogens is 432 g/mol. The second kappa shape index (κ2) is 10.4. The van der Waals surface area contributed by atoms with Crippen molar-refractivity contribution < 1.29 is 14.3 Å². The van der Waals surface area contributed by atoms with E-state index in [4.69, 9.17) is 10.5 Å². The Kier molecular flexibility index (Phi) is 7.10. The number of benzene rings is 2. The fourth-order valence-corrected chi connectivity index (χ4v) is 4.55. The number of nitrogens with one attached hydrogen (secondary N) is 2. The van der Waals surface area contributed by atoms with E-state index < -0.39 is 5.54 Å². The minimum Gasteiger partial charge on any atom is -0.497 e. The van der Waals surface area contributed by atoms with E-state index >= 15 is 0 Å². The van der Waals surface area contributed by atoms with Crippen molar-refractivity contribution in [3.8, 4) is 5.75 Å². The lowest BCUT2D eigenvalue weighted by Gasteiger charge is -2.45. The first-order valence-electron chi connectivity index (χ1n) is 11.5. The number of H-pyrrole nitrogens is 1. The predicted molar refractivity (Wildman–Crippen MR) is 129 cm³/mol. The number of aromatic amines is 1. The predicted octanol–water partition coefficient (Wildman–Crippen LogP) is 3.31. The number of aromatic nitrogens is 3. The number of carbonyl (C=O) groups excluding carboxylic acids is 2. The Morgan fingerprint density at radius 1 is 1.09 bits per heavy atom. The summed E-state index contributed by atoms with van der Waals surface area (Å²) >= 11 is 0. The number of nitrogen functional groups attached to an aromatic ring is 1. The molecular formula is C25H30N6O3. The van der Waals surface area contributed by atoms with Crippen LogP contribution in [0.4, 0.5) is 11.6 Å². The third kappa shape index (κ3) is 5.19. The quantitative estimate of drug-likeness (QED) is 0.471. The van der Waals surface area contributed by atoms with Crippen molar-refractivity contribution in [2.24, 2.45) is 0 Å². The lowest BCUT2D eigenvalue weighted by atomic mass is 9.78. The van der Waals surface area contributed by atoms with Gasteiger partial charge in [-0.3, -0.25) is 14.7 Å². The van der Waals surface area contributed by atoms with Gasteiger partial charge in [0.05, 0.1) is 13.5 Å². The average Bonchev–Trinajstić information content (AvgIpc) is 3.28. The third-order valence-corrected chi connectivity index (χ3v) is 6.32. The van der Waals surface area contributed by atoms with Crippen LogP contribution < -0.4 is 15.8 Å². The lowest BCUT2D eigenvalue weighted by Crippen LogP contribution is -2.60. The fourth-order valence-electron chi connectivity index (χ4n) is 4.55. The number of hydrogen-bond donors (Lipinski definition) is 3. The van der Waals surface area contributed by atoms with Gasteiger partial charge in [-0.05, 0) is 42.7 Å². The highest BCUT2D eigenvalue weighted by molar-refractivity contribution is 6.00. The molecule has 0 radical (unpaired) electrons. The maximum Gasteiger partial charge on any atom is 0.250 e. The van der Waals surface area contributed by atoms with Crippen LogP contribution in [0.15, 0.2) is 54.6 Å². The standard InChI is InChI=1S/C25H30N6O3/c1-34-20-12-10-19(11-13-20)27-23(33)25(14-6-3-7-15-25)31(17-18-8-4-2-5-9-18)22(32)16-21-28-24(26)30-29-21/h2,4-5,8-13H,3,6-7,14-17H2,1H3,(H,27,33)(H3,26,28,29,30). The second-order valence-corrected chi connectivity index (χ2v) is 8.56. The van der Waals surface area contributed by atoms with Crippen LogP contribution in [-0.4, -0.2) is 44.5 Å². The number of amides is 2. The van der Waals surface area contributed by atoms with Crippen LogP contribution in [0.2, 0.25) is 0 Å². The molecule has 0 unspecified atom stereocenters. The normalized spacial score (nSPS) is 14.9. The summed E-state index contributed by atoms with van der Waals surface area (Å²) in [5.74, 6) is 0.784. The smallest absolute Gasteiger partial charge is 0.250 e. The minimum absolute atomic E-state index is 0.0192. The maximum atomic E-state index is 13.8. The number of methoxy groups -OCH3 is 1. The zero-order valence-electron chi connectivity index (χ0n) is 19.3. The molecule has 2 amide bonds. The summed E-state index contributed by atoms with van der Waals surface area (Å²) in [5, 5.41) is 9.58. The van der Waals surface area contributed by atoms with Gasteiger partial charge in [0.25, 0.3) is 0 Å². The summed E-state index contributed by atoms with van der Waals surface area (Å²) in [5.41, 5.74) is 6.26. The van der Waals surface area contributed by atoms with Crippen molar-refractivity contribution in [3.63, 3.8) is 0 Å². The highest BCUT2D eigenvalue weighted by Crippen LogP contribution is 2.37. The van der Waals surface area contributed by atoms with Crippen LogP contribution >= 0.6 is 0 Å². The number of nitrogens with zero attached hydrogens (tertiary/aromatic N) is 3. The van der Waals surface area contributed by atoms with Crippen molar-refractivity contribution in [2.75, 3.05) is 18.2 Å². The van der Waals surface area contributed by atoms with Crippen LogP contribution in [0.5, 0.6) is 5.75 Å². The summed E-state index contributed by atoms with van der Waals surface area (Å²) in [6, 6.07) is 16.9. The highest BCUT2D eigenvalue weighted by atomic mass is 16.5. The average molecular weight is 463 g/mol. The SMILES string of the molecule is COc1ccc(NC(=O)C2(N(Cc3ccccc3)C(=O)Cc3nc(N)n[nH]3)CCCCC2)cc1. The largest absolute Gasteiger partial charge is 0.497 e. The maximum absolute atomic E-state index is 13.8. The molecule has 178 valence electrons. The second-order valence-electron chi connectivity index (χ2n) is 8.56. The van der Waals surface area contributed by atoms with Crippen molar-refractivity contribution in [1.82, 2.24) is 20.1 Å². The van der Waals surface area contributed by atoms with E-state index in [0.29, 0.717) is 36.6 Å². The Morgan fingerprint density at radius 2 is 1.79 bits per heavy atom. The molecule has 0 saturated heterocycles. The molecule has 4 rings (SSSR count). The molecule has 9 nitrogen and oxygen atoms in total. The molecule has 9 heteroatoms. The Bertz CT molecular complexity index is 1110. The van der Waals surface area contributed by atoms with Gasteiger partial charge in [-0.1, -0.05) is 49.6 Å². The van der Waals surface area contributed by atoms with E-state index in [2.05, 4.69) is 20.5 Å². The molecule has 0 bridgehead atoms. The lowest BCUT2D eigenvalue weighted by molar-refractivity contribution is -0.148. The molecule has 3 aromatic rings. The summed E-state index contributed by atoms with van der Waals surface area (Å²) in [6.45, 7) is 0.319. The molecule has 0 aliphatic heterocycles. The van der Waals surface area contributed by atoms with Gasteiger partial charge in [-0.15, -0.1) is 5.10 Å². The van der Waals surface area contributed by atoms with E-state index in [1.165, 1.54) is 0 Å².